The van der Waals surface area contributed by atoms with E-state index in [0.29, 0.717) is 12.1 Å². The van der Waals surface area contributed by atoms with E-state index in [-0.39, 0.29) is 18.5 Å². The molecule has 1 unspecified atom stereocenters. The average Bonchev–Trinajstić information content (AvgIpc) is 3.01. The zero-order valence-corrected chi connectivity index (χ0v) is 27.3. The van der Waals surface area contributed by atoms with E-state index in [9.17, 15) is 18.0 Å². The van der Waals surface area contributed by atoms with E-state index >= 15 is 0 Å². The van der Waals surface area contributed by atoms with Crippen molar-refractivity contribution in [2.45, 2.75) is 57.2 Å². The van der Waals surface area contributed by atoms with Crippen molar-refractivity contribution in [3.63, 3.8) is 0 Å². The number of benzene rings is 4. The van der Waals surface area contributed by atoms with Gasteiger partial charge in [-0.05, 0) is 47.6 Å². The number of carbonyl (C=O) groups is 2. The summed E-state index contributed by atoms with van der Waals surface area (Å²) in [5, 5.41) is 4.83. The van der Waals surface area contributed by atoms with Crippen LogP contribution in [0.4, 0.5) is 5.69 Å². The molecule has 4 aromatic rings. The number of rotatable bonds is 11. The van der Waals surface area contributed by atoms with E-state index in [1.807, 2.05) is 84.9 Å². The van der Waals surface area contributed by atoms with Crippen molar-refractivity contribution < 1.29 is 18.0 Å². The van der Waals surface area contributed by atoms with E-state index < -0.39 is 28.5 Å². The van der Waals surface area contributed by atoms with Crippen molar-refractivity contribution in [1.82, 2.24) is 10.2 Å². The minimum atomic E-state index is -3.87. The molecule has 0 saturated heterocycles. The van der Waals surface area contributed by atoms with Gasteiger partial charge in [-0.2, -0.15) is 0 Å². The van der Waals surface area contributed by atoms with Gasteiger partial charge in [-0.1, -0.05) is 114 Å². The Morgan fingerprint density at radius 3 is 2.25 bits per heavy atom. The maximum atomic E-state index is 14.5. The summed E-state index contributed by atoms with van der Waals surface area (Å²) in [5.41, 5.74) is 2.16. The number of anilines is 1. The smallest absolute Gasteiger partial charge is 0.244 e. The first-order valence-electron chi connectivity index (χ1n) is 15.0. The van der Waals surface area contributed by atoms with Gasteiger partial charge in [-0.25, -0.2) is 8.42 Å². The van der Waals surface area contributed by atoms with Crippen LogP contribution in [0.3, 0.4) is 0 Å². The number of carbonyl (C=O) groups excluding carboxylic acids is 2. The van der Waals surface area contributed by atoms with Crippen LogP contribution in [0.5, 0.6) is 0 Å². The van der Waals surface area contributed by atoms with Crippen LogP contribution in [-0.2, 0) is 32.6 Å². The minimum absolute atomic E-state index is 0.0561. The second-order valence-corrected chi connectivity index (χ2v) is 14.3. The third-order valence-corrected chi connectivity index (χ3v) is 9.80. The molecule has 0 spiro atoms. The molecule has 0 radical (unpaired) electrons. The number of halogens is 1. The molecular formula is C35H38BrN3O4S. The third-order valence-electron chi connectivity index (χ3n) is 8.18. The van der Waals surface area contributed by atoms with Crippen LogP contribution in [0.1, 0.15) is 43.2 Å². The summed E-state index contributed by atoms with van der Waals surface area (Å²) >= 11 is 3.52. The van der Waals surface area contributed by atoms with E-state index in [2.05, 4.69) is 21.2 Å². The molecule has 1 aliphatic rings. The molecule has 230 valence electrons. The molecule has 0 bridgehead atoms. The monoisotopic (exact) mass is 675 g/mol. The summed E-state index contributed by atoms with van der Waals surface area (Å²) in [4.78, 5) is 30.1. The maximum Gasteiger partial charge on any atom is 0.244 e. The Hall–Kier alpha value is -3.69. The number of fused-ring (bicyclic) bond motifs is 1. The number of sulfonamides is 1. The van der Waals surface area contributed by atoms with Gasteiger partial charge >= 0.3 is 0 Å². The van der Waals surface area contributed by atoms with Crippen LogP contribution in [0.2, 0.25) is 0 Å². The number of amides is 2. The predicted molar refractivity (Wildman–Crippen MR) is 180 cm³/mol. The Kier molecular flexibility index (Phi) is 10.4. The maximum absolute atomic E-state index is 14.5. The highest BCUT2D eigenvalue weighted by Crippen LogP contribution is 2.29. The van der Waals surface area contributed by atoms with E-state index in [1.54, 1.807) is 17.0 Å². The zero-order chi connectivity index (χ0) is 31.1. The van der Waals surface area contributed by atoms with Gasteiger partial charge in [-0.3, -0.25) is 13.9 Å². The SMILES string of the molecule is CS(=O)(=O)N(CC(=O)N(Cc1cccc(Br)c1)C(Cc1ccccc1)C(=O)NC1CCCCC1)c1cccc2ccccc12. The molecule has 5 rings (SSSR count). The van der Waals surface area contributed by atoms with Gasteiger partial charge in [0.2, 0.25) is 21.8 Å². The standard InChI is InChI=1S/C35H38BrN3O4S/c1-44(42,43)39(32-21-11-16-28-15-8-9-20-31(28)32)25-34(40)38(24-27-14-10-17-29(36)22-27)33(23-26-12-4-2-5-13-26)35(41)37-30-18-6-3-7-19-30/h2,4-5,8-17,20-22,30,33H,3,6-7,18-19,23-25H2,1H3,(H,37,41). The van der Waals surface area contributed by atoms with Crippen molar-refractivity contribution in [2.24, 2.45) is 0 Å². The van der Waals surface area contributed by atoms with E-state index in [1.165, 1.54) is 0 Å². The molecule has 1 atom stereocenters. The van der Waals surface area contributed by atoms with Gasteiger partial charge in [0.25, 0.3) is 0 Å². The van der Waals surface area contributed by atoms with Gasteiger partial charge in [0.15, 0.2) is 0 Å². The fourth-order valence-corrected chi connectivity index (χ4v) is 7.26. The minimum Gasteiger partial charge on any atom is -0.352 e. The Morgan fingerprint density at radius 1 is 0.864 bits per heavy atom. The first-order valence-corrected chi connectivity index (χ1v) is 17.7. The van der Waals surface area contributed by atoms with Crippen LogP contribution in [0.15, 0.2) is 102 Å². The first-order chi connectivity index (χ1) is 21.2. The molecule has 1 saturated carbocycles. The second kappa shape index (κ2) is 14.4. The van der Waals surface area contributed by atoms with Gasteiger partial charge < -0.3 is 10.2 Å². The molecule has 1 fully saturated rings. The van der Waals surface area contributed by atoms with Crippen molar-refractivity contribution in [2.75, 3.05) is 17.1 Å². The third kappa shape index (κ3) is 8.07. The van der Waals surface area contributed by atoms with E-state index in [0.717, 1.165) is 69.0 Å². The Balaban J connectivity index is 1.54. The lowest BCUT2D eigenvalue weighted by Crippen LogP contribution is -2.55. The van der Waals surface area contributed by atoms with Crippen LogP contribution in [0, 0.1) is 0 Å². The summed E-state index contributed by atoms with van der Waals surface area (Å²) < 4.78 is 28.5. The fourth-order valence-electron chi connectivity index (χ4n) is 5.95. The number of nitrogens with zero attached hydrogens (tertiary/aromatic N) is 2. The molecule has 2 amide bonds. The molecule has 0 heterocycles. The van der Waals surface area contributed by atoms with E-state index in [4.69, 9.17) is 0 Å². The van der Waals surface area contributed by atoms with Crippen molar-refractivity contribution in [3.05, 3.63) is 113 Å². The lowest BCUT2D eigenvalue weighted by molar-refractivity contribution is -0.140. The highest BCUT2D eigenvalue weighted by atomic mass is 79.9. The lowest BCUT2D eigenvalue weighted by atomic mass is 9.94. The molecule has 1 aliphatic carbocycles. The molecule has 1 N–H and O–H groups in total. The largest absolute Gasteiger partial charge is 0.352 e. The van der Waals surface area contributed by atoms with Crippen LogP contribution in [0.25, 0.3) is 10.8 Å². The summed E-state index contributed by atoms with van der Waals surface area (Å²) in [7, 11) is -3.87. The summed E-state index contributed by atoms with van der Waals surface area (Å²) in [6.45, 7) is -0.302. The topological polar surface area (TPSA) is 86.8 Å². The van der Waals surface area contributed by atoms with Crippen molar-refractivity contribution in [1.29, 1.82) is 0 Å². The summed E-state index contributed by atoms with van der Waals surface area (Å²) in [6, 6.07) is 29.4. The molecule has 7 nitrogen and oxygen atoms in total. The Labute approximate surface area is 268 Å². The lowest BCUT2D eigenvalue weighted by Gasteiger charge is -2.35. The van der Waals surface area contributed by atoms with Crippen molar-refractivity contribution >= 4 is 54.2 Å². The molecule has 44 heavy (non-hydrogen) atoms. The van der Waals surface area contributed by atoms with Crippen LogP contribution >= 0.6 is 15.9 Å². The van der Waals surface area contributed by atoms with Crippen LogP contribution in [-0.4, -0.2) is 50.0 Å². The highest BCUT2D eigenvalue weighted by molar-refractivity contribution is 9.10. The number of hydrogen-bond donors (Lipinski definition) is 1. The Morgan fingerprint density at radius 2 is 1.52 bits per heavy atom. The molecule has 0 aliphatic heterocycles. The number of nitrogens with one attached hydrogen (secondary N) is 1. The molecule has 4 aromatic carbocycles. The highest BCUT2D eigenvalue weighted by Gasteiger charge is 2.34. The normalized spacial score (nSPS) is 14.6. The first kappa shape index (κ1) is 31.7. The van der Waals surface area contributed by atoms with Crippen molar-refractivity contribution in [3.8, 4) is 0 Å². The summed E-state index contributed by atoms with van der Waals surface area (Å²) in [6.07, 6.45) is 6.50. The fraction of sp³-hybridized carbons (Fsp3) is 0.314. The summed E-state index contributed by atoms with van der Waals surface area (Å²) in [5.74, 6) is -0.678. The van der Waals surface area contributed by atoms with Gasteiger partial charge in [0.1, 0.15) is 12.6 Å². The quantitative estimate of drug-likeness (QED) is 0.198. The average molecular weight is 677 g/mol. The van der Waals surface area contributed by atoms with Gasteiger partial charge in [0, 0.05) is 28.9 Å². The zero-order valence-electron chi connectivity index (χ0n) is 24.9. The van der Waals surface area contributed by atoms with Gasteiger partial charge in [-0.15, -0.1) is 0 Å². The molecule has 9 heteroatoms. The molecule has 0 aromatic heterocycles. The van der Waals surface area contributed by atoms with Crippen LogP contribution < -0.4 is 9.62 Å². The Bertz CT molecular complexity index is 1700. The predicted octanol–water partition coefficient (Wildman–Crippen LogP) is 6.46. The van der Waals surface area contributed by atoms with Gasteiger partial charge in [0.05, 0.1) is 11.9 Å². The second-order valence-electron chi connectivity index (χ2n) is 11.5. The molecular weight excluding hydrogens is 638 g/mol. The number of hydrogen-bond acceptors (Lipinski definition) is 4.